The average Bonchev–Trinajstić information content (AvgIpc) is 2.49. The molecule has 2 aromatic rings. The van der Waals surface area contributed by atoms with Gasteiger partial charge in [0.2, 0.25) is 5.91 Å². The van der Waals surface area contributed by atoms with Crippen molar-refractivity contribution in [3.05, 3.63) is 59.7 Å². The van der Waals surface area contributed by atoms with E-state index in [2.05, 4.69) is 10.6 Å². The molecule has 0 unspecified atom stereocenters. The fourth-order valence-electron chi connectivity index (χ4n) is 2.17. The van der Waals surface area contributed by atoms with Crippen LogP contribution in [0.2, 0.25) is 0 Å². The van der Waals surface area contributed by atoms with Gasteiger partial charge in [0.15, 0.2) is 0 Å². The highest BCUT2D eigenvalue weighted by molar-refractivity contribution is 5.89. The average molecular weight is 284 g/mol. The van der Waals surface area contributed by atoms with Crippen LogP contribution >= 0.6 is 0 Å². The van der Waals surface area contributed by atoms with Crippen LogP contribution in [-0.2, 0) is 17.9 Å². The van der Waals surface area contributed by atoms with Crippen molar-refractivity contribution in [3.63, 3.8) is 0 Å². The number of anilines is 1. The summed E-state index contributed by atoms with van der Waals surface area (Å²) in [7, 11) is 1.67. The van der Waals surface area contributed by atoms with Gasteiger partial charge >= 0.3 is 0 Å². The maximum Gasteiger partial charge on any atom is 0.221 e. The van der Waals surface area contributed by atoms with Gasteiger partial charge in [-0.2, -0.15) is 0 Å². The molecule has 0 fully saturated rings. The van der Waals surface area contributed by atoms with Gasteiger partial charge in [-0.15, -0.1) is 0 Å². The van der Waals surface area contributed by atoms with Crippen LogP contribution in [0.1, 0.15) is 18.1 Å². The third-order valence-electron chi connectivity index (χ3n) is 3.15. The van der Waals surface area contributed by atoms with Crippen molar-refractivity contribution < 1.29 is 9.53 Å². The van der Waals surface area contributed by atoms with Crippen molar-refractivity contribution in [2.45, 2.75) is 20.0 Å². The fraction of sp³-hybridized carbons (Fsp3) is 0.235. The van der Waals surface area contributed by atoms with Gasteiger partial charge in [0, 0.05) is 31.3 Å². The summed E-state index contributed by atoms with van der Waals surface area (Å²) in [6.45, 7) is 2.89. The van der Waals surface area contributed by atoms with E-state index in [1.807, 2.05) is 48.5 Å². The molecule has 0 aliphatic heterocycles. The second-order valence-corrected chi connectivity index (χ2v) is 4.75. The van der Waals surface area contributed by atoms with E-state index in [-0.39, 0.29) is 5.91 Å². The summed E-state index contributed by atoms with van der Waals surface area (Å²) >= 11 is 0. The van der Waals surface area contributed by atoms with E-state index in [4.69, 9.17) is 4.74 Å². The highest BCUT2D eigenvalue weighted by Crippen LogP contribution is 2.18. The lowest BCUT2D eigenvalue weighted by Crippen LogP contribution is -2.16. The molecule has 0 aromatic heterocycles. The van der Waals surface area contributed by atoms with E-state index in [0.29, 0.717) is 13.1 Å². The molecular formula is C17H20N2O2. The Hall–Kier alpha value is -2.33. The topological polar surface area (TPSA) is 50.4 Å². The maximum absolute atomic E-state index is 11.2. The number of carbonyl (C=O) groups excluding carboxylic acids is 1. The molecule has 0 saturated heterocycles. The standard InChI is InChI=1S/C17H20N2O2/c1-13(20)19-16-9-5-3-7-14(16)11-18-12-15-8-4-6-10-17(15)21-2/h3-10,18H,11-12H2,1-2H3,(H,19,20). The Balaban J connectivity index is 1.99. The molecule has 0 aliphatic carbocycles. The highest BCUT2D eigenvalue weighted by atomic mass is 16.5. The predicted molar refractivity (Wildman–Crippen MR) is 84.3 cm³/mol. The zero-order chi connectivity index (χ0) is 15.1. The summed E-state index contributed by atoms with van der Waals surface area (Å²) in [4.78, 5) is 11.2. The number of methoxy groups -OCH3 is 1. The molecule has 0 heterocycles. The number of nitrogens with one attached hydrogen (secondary N) is 2. The van der Waals surface area contributed by atoms with Crippen molar-refractivity contribution >= 4 is 11.6 Å². The lowest BCUT2D eigenvalue weighted by molar-refractivity contribution is -0.114. The van der Waals surface area contributed by atoms with Crippen LogP contribution in [0, 0.1) is 0 Å². The van der Waals surface area contributed by atoms with Crippen molar-refractivity contribution in [1.82, 2.24) is 5.32 Å². The van der Waals surface area contributed by atoms with Gasteiger partial charge in [-0.3, -0.25) is 4.79 Å². The van der Waals surface area contributed by atoms with Gasteiger partial charge in [-0.25, -0.2) is 0 Å². The Kier molecular flexibility index (Phi) is 5.35. The molecule has 0 atom stereocenters. The number of amides is 1. The number of benzene rings is 2. The first-order valence-electron chi connectivity index (χ1n) is 6.89. The Morgan fingerprint density at radius 2 is 1.62 bits per heavy atom. The summed E-state index contributed by atoms with van der Waals surface area (Å²) in [6, 6.07) is 15.7. The monoisotopic (exact) mass is 284 g/mol. The molecule has 21 heavy (non-hydrogen) atoms. The lowest BCUT2D eigenvalue weighted by Gasteiger charge is -2.12. The second kappa shape index (κ2) is 7.45. The first-order chi connectivity index (χ1) is 10.2. The van der Waals surface area contributed by atoms with Crippen LogP contribution in [-0.4, -0.2) is 13.0 Å². The van der Waals surface area contributed by atoms with Crippen LogP contribution in [0.3, 0.4) is 0 Å². The minimum Gasteiger partial charge on any atom is -0.496 e. The minimum atomic E-state index is -0.0628. The maximum atomic E-state index is 11.2. The summed E-state index contributed by atoms with van der Waals surface area (Å²) in [5, 5.41) is 6.22. The van der Waals surface area contributed by atoms with E-state index in [1.54, 1.807) is 7.11 Å². The smallest absolute Gasteiger partial charge is 0.221 e. The molecule has 0 radical (unpaired) electrons. The highest BCUT2D eigenvalue weighted by Gasteiger charge is 2.04. The van der Waals surface area contributed by atoms with Crippen LogP contribution in [0.5, 0.6) is 5.75 Å². The van der Waals surface area contributed by atoms with Gasteiger partial charge in [0.05, 0.1) is 7.11 Å². The number of ether oxygens (including phenoxy) is 1. The summed E-state index contributed by atoms with van der Waals surface area (Å²) in [6.07, 6.45) is 0. The molecule has 0 aliphatic rings. The zero-order valence-electron chi connectivity index (χ0n) is 12.3. The zero-order valence-corrected chi connectivity index (χ0v) is 12.3. The minimum absolute atomic E-state index is 0.0628. The number of rotatable bonds is 6. The predicted octanol–water partition coefficient (Wildman–Crippen LogP) is 2.94. The molecule has 0 saturated carbocycles. The second-order valence-electron chi connectivity index (χ2n) is 4.75. The number of carbonyl (C=O) groups is 1. The normalized spacial score (nSPS) is 10.2. The van der Waals surface area contributed by atoms with Crippen molar-refractivity contribution in [2.75, 3.05) is 12.4 Å². The first kappa shape index (κ1) is 15.1. The molecule has 4 nitrogen and oxygen atoms in total. The van der Waals surface area contributed by atoms with E-state index in [1.165, 1.54) is 6.92 Å². The van der Waals surface area contributed by atoms with E-state index in [0.717, 1.165) is 22.6 Å². The third-order valence-corrected chi connectivity index (χ3v) is 3.15. The van der Waals surface area contributed by atoms with E-state index >= 15 is 0 Å². The quantitative estimate of drug-likeness (QED) is 0.857. The summed E-state index contributed by atoms with van der Waals surface area (Å²) in [5.74, 6) is 0.812. The number of hydrogen-bond acceptors (Lipinski definition) is 3. The molecule has 0 bridgehead atoms. The van der Waals surface area contributed by atoms with E-state index < -0.39 is 0 Å². The molecule has 2 rings (SSSR count). The molecule has 1 amide bonds. The molecular weight excluding hydrogens is 264 g/mol. The summed E-state index contributed by atoms with van der Waals surface area (Å²) < 4.78 is 5.33. The SMILES string of the molecule is COc1ccccc1CNCc1ccccc1NC(C)=O. The first-order valence-corrected chi connectivity index (χ1v) is 6.89. The van der Waals surface area contributed by atoms with Crippen LogP contribution < -0.4 is 15.4 Å². The van der Waals surface area contributed by atoms with Gasteiger partial charge in [-0.1, -0.05) is 36.4 Å². The Morgan fingerprint density at radius 1 is 1.00 bits per heavy atom. The fourth-order valence-corrected chi connectivity index (χ4v) is 2.17. The molecule has 2 aromatic carbocycles. The number of para-hydroxylation sites is 2. The Bertz CT molecular complexity index is 611. The molecule has 0 spiro atoms. The van der Waals surface area contributed by atoms with Crippen molar-refractivity contribution in [2.24, 2.45) is 0 Å². The summed E-state index contributed by atoms with van der Waals surface area (Å²) in [5.41, 5.74) is 3.01. The van der Waals surface area contributed by atoms with E-state index in [9.17, 15) is 4.79 Å². The Labute approximate surface area is 125 Å². The molecule has 110 valence electrons. The van der Waals surface area contributed by atoms with Gasteiger partial charge < -0.3 is 15.4 Å². The van der Waals surface area contributed by atoms with Gasteiger partial charge in [-0.05, 0) is 17.7 Å². The number of hydrogen-bond donors (Lipinski definition) is 2. The lowest BCUT2D eigenvalue weighted by atomic mass is 10.1. The van der Waals surface area contributed by atoms with Crippen molar-refractivity contribution in [3.8, 4) is 5.75 Å². The van der Waals surface area contributed by atoms with Crippen molar-refractivity contribution in [1.29, 1.82) is 0 Å². The van der Waals surface area contributed by atoms with Gasteiger partial charge in [0.25, 0.3) is 0 Å². The third kappa shape index (κ3) is 4.33. The van der Waals surface area contributed by atoms with Crippen LogP contribution in [0.25, 0.3) is 0 Å². The van der Waals surface area contributed by atoms with Gasteiger partial charge in [0.1, 0.15) is 5.75 Å². The Morgan fingerprint density at radius 3 is 2.33 bits per heavy atom. The van der Waals surface area contributed by atoms with Crippen LogP contribution in [0.4, 0.5) is 5.69 Å². The molecule has 4 heteroatoms. The van der Waals surface area contributed by atoms with Crippen LogP contribution in [0.15, 0.2) is 48.5 Å². The largest absolute Gasteiger partial charge is 0.496 e. The molecule has 2 N–H and O–H groups in total.